The highest BCUT2D eigenvalue weighted by Crippen LogP contribution is 2.29. The molecule has 0 unspecified atom stereocenters. The van der Waals surface area contributed by atoms with Gasteiger partial charge < -0.3 is 5.73 Å². The van der Waals surface area contributed by atoms with Gasteiger partial charge in [-0.2, -0.15) is 0 Å². The van der Waals surface area contributed by atoms with Crippen molar-refractivity contribution in [2.24, 2.45) is 0 Å². The summed E-state index contributed by atoms with van der Waals surface area (Å²) in [6, 6.07) is 20.6. The van der Waals surface area contributed by atoms with Gasteiger partial charge in [-0.15, -0.1) is 10.2 Å². The molecule has 4 heteroatoms. The SMILES string of the molecule is Nc1nnc2cc(-c3cccc4ccccc34)ccc2n1. The van der Waals surface area contributed by atoms with Gasteiger partial charge in [0.25, 0.3) is 0 Å². The standard InChI is InChI=1S/C17H12N4/c18-17-19-15-9-8-12(10-16(15)20-21-17)14-7-3-5-11-4-1-2-6-13(11)14/h1-10H,(H2,18,19,21). The predicted molar refractivity (Wildman–Crippen MR) is 84.7 cm³/mol. The van der Waals surface area contributed by atoms with Gasteiger partial charge in [-0.25, -0.2) is 4.98 Å². The van der Waals surface area contributed by atoms with E-state index in [0.29, 0.717) is 0 Å². The third kappa shape index (κ3) is 1.97. The van der Waals surface area contributed by atoms with Crippen LogP contribution in [0.3, 0.4) is 0 Å². The molecule has 0 aliphatic carbocycles. The third-order valence-electron chi connectivity index (χ3n) is 3.57. The highest BCUT2D eigenvalue weighted by molar-refractivity contribution is 5.98. The number of hydrogen-bond donors (Lipinski definition) is 1. The van der Waals surface area contributed by atoms with Crippen LogP contribution in [0.4, 0.5) is 5.95 Å². The Morgan fingerprint density at radius 3 is 2.57 bits per heavy atom. The molecule has 21 heavy (non-hydrogen) atoms. The van der Waals surface area contributed by atoms with Crippen molar-refractivity contribution in [1.82, 2.24) is 15.2 Å². The first-order chi connectivity index (χ1) is 10.3. The molecule has 0 radical (unpaired) electrons. The van der Waals surface area contributed by atoms with Crippen molar-refractivity contribution in [3.05, 3.63) is 60.7 Å². The maximum atomic E-state index is 5.56. The Hall–Kier alpha value is -3.01. The molecule has 4 rings (SSSR count). The molecule has 0 amide bonds. The summed E-state index contributed by atoms with van der Waals surface area (Å²) in [7, 11) is 0. The van der Waals surface area contributed by atoms with Crippen molar-refractivity contribution >= 4 is 27.8 Å². The molecule has 0 saturated heterocycles. The molecule has 0 atom stereocenters. The maximum absolute atomic E-state index is 5.56. The zero-order valence-corrected chi connectivity index (χ0v) is 11.2. The zero-order chi connectivity index (χ0) is 14.2. The van der Waals surface area contributed by atoms with Crippen LogP contribution in [0.2, 0.25) is 0 Å². The summed E-state index contributed by atoms with van der Waals surface area (Å²) in [5.41, 5.74) is 9.34. The Balaban J connectivity index is 1.98. The fraction of sp³-hybridized carbons (Fsp3) is 0. The van der Waals surface area contributed by atoms with Gasteiger partial charge in [0.05, 0.1) is 5.52 Å². The average molecular weight is 272 g/mol. The van der Waals surface area contributed by atoms with Crippen LogP contribution in [0.5, 0.6) is 0 Å². The first-order valence-electron chi connectivity index (χ1n) is 6.69. The summed E-state index contributed by atoms with van der Waals surface area (Å²) in [5, 5.41) is 10.4. The number of hydrogen-bond acceptors (Lipinski definition) is 4. The number of anilines is 1. The van der Waals surface area contributed by atoms with Crippen LogP contribution in [0.1, 0.15) is 0 Å². The van der Waals surface area contributed by atoms with E-state index in [9.17, 15) is 0 Å². The molecule has 0 fully saturated rings. The number of nitrogens with two attached hydrogens (primary N) is 1. The molecule has 4 nitrogen and oxygen atoms in total. The largest absolute Gasteiger partial charge is 0.366 e. The van der Waals surface area contributed by atoms with Crippen molar-refractivity contribution < 1.29 is 0 Å². The topological polar surface area (TPSA) is 64.7 Å². The molecule has 0 aliphatic rings. The number of benzene rings is 3. The van der Waals surface area contributed by atoms with Gasteiger partial charge in [0.1, 0.15) is 5.52 Å². The van der Waals surface area contributed by atoms with E-state index < -0.39 is 0 Å². The molecule has 0 saturated carbocycles. The summed E-state index contributed by atoms with van der Waals surface area (Å²) in [4.78, 5) is 4.18. The van der Waals surface area contributed by atoms with Gasteiger partial charge in [-0.1, -0.05) is 48.5 Å². The maximum Gasteiger partial charge on any atom is 0.240 e. The number of aromatic nitrogens is 3. The molecule has 0 bridgehead atoms. The molecule has 1 aromatic heterocycles. The van der Waals surface area contributed by atoms with Crippen molar-refractivity contribution in [3.63, 3.8) is 0 Å². The van der Waals surface area contributed by atoms with Gasteiger partial charge in [0, 0.05) is 0 Å². The van der Waals surface area contributed by atoms with Crippen LogP contribution >= 0.6 is 0 Å². The quantitative estimate of drug-likeness (QED) is 0.576. The molecule has 100 valence electrons. The molecule has 0 aliphatic heterocycles. The minimum atomic E-state index is 0.195. The molecule has 2 N–H and O–H groups in total. The van der Waals surface area contributed by atoms with Gasteiger partial charge in [0.2, 0.25) is 5.95 Å². The predicted octanol–water partition coefficient (Wildman–Crippen LogP) is 3.43. The lowest BCUT2D eigenvalue weighted by Gasteiger charge is -2.07. The molecule has 4 aromatic rings. The molecular weight excluding hydrogens is 260 g/mol. The fourth-order valence-corrected chi connectivity index (χ4v) is 2.59. The summed E-state index contributed by atoms with van der Waals surface area (Å²) >= 11 is 0. The van der Waals surface area contributed by atoms with E-state index in [1.807, 2.05) is 24.3 Å². The smallest absolute Gasteiger partial charge is 0.240 e. The molecular formula is C17H12N4. The van der Waals surface area contributed by atoms with Crippen LogP contribution in [0, 0.1) is 0 Å². The lowest BCUT2D eigenvalue weighted by atomic mass is 9.98. The summed E-state index contributed by atoms with van der Waals surface area (Å²) in [5.74, 6) is 0.195. The van der Waals surface area contributed by atoms with Crippen molar-refractivity contribution in [1.29, 1.82) is 0 Å². The molecule has 1 heterocycles. The van der Waals surface area contributed by atoms with Crippen molar-refractivity contribution in [2.45, 2.75) is 0 Å². The van der Waals surface area contributed by atoms with Crippen LogP contribution in [-0.4, -0.2) is 15.2 Å². The number of fused-ring (bicyclic) bond motifs is 2. The second-order valence-corrected chi connectivity index (χ2v) is 4.90. The minimum Gasteiger partial charge on any atom is -0.366 e. The Labute approximate surface area is 121 Å². The zero-order valence-electron chi connectivity index (χ0n) is 11.2. The van der Waals surface area contributed by atoms with E-state index in [4.69, 9.17) is 5.73 Å². The van der Waals surface area contributed by atoms with Crippen LogP contribution < -0.4 is 5.73 Å². The van der Waals surface area contributed by atoms with Crippen molar-refractivity contribution in [2.75, 3.05) is 5.73 Å². The average Bonchev–Trinajstić information content (AvgIpc) is 2.54. The van der Waals surface area contributed by atoms with E-state index in [1.165, 1.54) is 16.3 Å². The van der Waals surface area contributed by atoms with E-state index in [0.717, 1.165) is 16.6 Å². The van der Waals surface area contributed by atoms with E-state index in [2.05, 4.69) is 51.6 Å². The monoisotopic (exact) mass is 272 g/mol. The molecule has 0 spiro atoms. The second kappa shape index (κ2) is 4.52. The van der Waals surface area contributed by atoms with Crippen LogP contribution in [-0.2, 0) is 0 Å². The Bertz CT molecular complexity index is 958. The van der Waals surface area contributed by atoms with E-state index in [1.54, 1.807) is 0 Å². The lowest BCUT2D eigenvalue weighted by Crippen LogP contribution is -1.97. The van der Waals surface area contributed by atoms with E-state index in [-0.39, 0.29) is 5.95 Å². The van der Waals surface area contributed by atoms with Gasteiger partial charge in [-0.3, -0.25) is 0 Å². The number of nitrogen functional groups attached to an aromatic ring is 1. The van der Waals surface area contributed by atoms with Crippen LogP contribution in [0.25, 0.3) is 32.9 Å². The van der Waals surface area contributed by atoms with Crippen LogP contribution in [0.15, 0.2) is 60.7 Å². The summed E-state index contributed by atoms with van der Waals surface area (Å²) < 4.78 is 0. The highest BCUT2D eigenvalue weighted by atomic mass is 15.2. The van der Waals surface area contributed by atoms with Gasteiger partial charge >= 0.3 is 0 Å². The molecule has 3 aromatic carbocycles. The fourth-order valence-electron chi connectivity index (χ4n) is 2.59. The highest BCUT2D eigenvalue weighted by Gasteiger charge is 2.06. The van der Waals surface area contributed by atoms with Gasteiger partial charge in [0.15, 0.2) is 0 Å². The Morgan fingerprint density at radius 2 is 1.62 bits per heavy atom. The normalized spacial score (nSPS) is 11.0. The first kappa shape index (κ1) is 11.8. The second-order valence-electron chi connectivity index (χ2n) is 4.90. The minimum absolute atomic E-state index is 0.195. The number of nitrogens with zero attached hydrogens (tertiary/aromatic N) is 3. The summed E-state index contributed by atoms with van der Waals surface area (Å²) in [6.07, 6.45) is 0. The number of rotatable bonds is 1. The van der Waals surface area contributed by atoms with E-state index >= 15 is 0 Å². The lowest BCUT2D eigenvalue weighted by molar-refractivity contribution is 1.04. The first-order valence-corrected chi connectivity index (χ1v) is 6.69. The van der Waals surface area contributed by atoms with Crippen molar-refractivity contribution in [3.8, 4) is 11.1 Å². The Kier molecular flexibility index (Phi) is 2.54. The summed E-state index contributed by atoms with van der Waals surface area (Å²) in [6.45, 7) is 0. The van der Waals surface area contributed by atoms with Gasteiger partial charge in [-0.05, 0) is 34.0 Å². The Morgan fingerprint density at radius 1 is 0.762 bits per heavy atom. The third-order valence-corrected chi connectivity index (χ3v) is 3.57.